The highest BCUT2D eigenvalue weighted by molar-refractivity contribution is 4.78. The SMILES string of the molecule is CCN(CC(O)COC)C1CCCC1. The average Bonchev–Trinajstić information content (AvgIpc) is 2.67. The van der Waals surface area contributed by atoms with Crippen molar-refractivity contribution in [2.24, 2.45) is 0 Å². The molecule has 1 fully saturated rings. The van der Waals surface area contributed by atoms with Gasteiger partial charge in [0.05, 0.1) is 12.7 Å². The van der Waals surface area contributed by atoms with Crippen LogP contribution in [0.1, 0.15) is 32.6 Å². The molecule has 0 aliphatic heterocycles. The lowest BCUT2D eigenvalue weighted by molar-refractivity contribution is 0.0287. The standard InChI is InChI=1S/C11H23NO2/c1-3-12(8-11(13)9-14-2)10-6-4-5-7-10/h10-11,13H,3-9H2,1-2H3. The second-order valence-electron chi connectivity index (χ2n) is 4.14. The lowest BCUT2D eigenvalue weighted by Crippen LogP contribution is -2.40. The third-order valence-electron chi connectivity index (χ3n) is 3.05. The summed E-state index contributed by atoms with van der Waals surface area (Å²) in [6, 6.07) is 0.700. The summed E-state index contributed by atoms with van der Waals surface area (Å²) in [5.41, 5.74) is 0. The monoisotopic (exact) mass is 201 g/mol. The van der Waals surface area contributed by atoms with Crippen LogP contribution < -0.4 is 0 Å². The predicted molar refractivity (Wildman–Crippen MR) is 57.4 cm³/mol. The summed E-state index contributed by atoms with van der Waals surface area (Å²) in [7, 11) is 1.63. The van der Waals surface area contributed by atoms with E-state index >= 15 is 0 Å². The quantitative estimate of drug-likeness (QED) is 0.702. The van der Waals surface area contributed by atoms with E-state index < -0.39 is 0 Å². The normalized spacial score (nSPS) is 20.6. The summed E-state index contributed by atoms with van der Waals surface area (Å²) in [6.45, 7) is 4.40. The van der Waals surface area contributed by atoms with E-state index in [0.29, 0.717) is 12.6 Å². The van der Waals surface area contributed by atoms with Crippen molar-refractivity contribution in [3.05, 3.63) is 0 Å². The number of rotatable bonds is 6. The van der Waals surface area contributed by atoms with Crippen molar-refractivity contribution in [1.29, 1.82) is 0 Å². The zero-order chi connectivity index (χ0) is 10.4. The fourth-order valence-corrected chi connectivity index (χ4v) is 2.32. The van der Waals surface area contributed by atoms with E-state index in [0.717, 1.165) is 13.1 Å². The van der Waals surface area contributed by atoms with Crippen LogP contribution >= 0.6 is 0 Å². The lowest BCUT2D eigenvalue weighted by atomic mass is 10.2. The molecule has 0 aromatic heterocycles. The highest BCUT2D eigenvalue weighted by Gasteiger charge is 2.22. The molecule has 0 spiro atoms. The summed E-state index contributed by atoms with van der Waals surface area (Å²) in [6.07, 6.45) is 4.96. The van der Waals surface area contributed by atoms with Gasteiger partial charge >= 0.3 is 0 Å². The molecule has 1 aliphatic carbocycles. The molecule has 14 heavy (non-hydrogen) atoms. The van der Waals surface area contributed by atoms with E-state index in [4.69, 9.17) is 4.74 Å². The molecule has 3 heteroatoms. The van der Waals surface area contributed by atoms with Crippen LogP contribution in [-0.4, -0.2) is 49.0 Å². The Balaban J connectivity index is 2.29. The molecular formula is C11H23NO2. The molecule has 1 saturated carbocycles. The van der Waals surface area contributed by atoms with Gasteiger partial charge in [0.15, 0.2) is 0 Å². The number of aliphatic hydroxyl groups excluding tert-OH is 1. The van der Waals surface area contributed by atoms with Crippen molar-refractivity contribution >= 4 is 0 Å². The zero-order valence-electron chi connectivity index (χ0n) is 9.41. The van der Waals surface area contributed by atoms with E-state index in [-0.39, 0.29) is 6.10 Å². The number of aliphatic hydroxyl groups is 1. The molecule has 1 atom stereocenters. The van der Waals surface area contributed by atoms with E-state index in [1.54, 1.807) is 7.11 Å². The summed E-state index contributed by atoms with van der Waals surface area (Å²) in [4.78, 5) is 2.39. The Morgan fingerprint density at radius 3 is 2.57 bits per heavy atom. The first-order valence-electron chi connectivity index (χ1n) is 5.69. The van der Waals surface area contributed by atoms with Crippen LogP contribution in [0, 0.1) is 0 Å². The first-order chi connectivity index (χ1) is 6.77. The van der Waals surface area contributed by atoms with Crippen LogP contribution in [0.25, 0.3) is 0 Å². The Kier molecular flexibility index (Phi) is 5.45. The van der Waals surface area contributed by atoms with Crippen LogP contribution in [0.2, 0.25) is 0 Å². The van der Waals surface area contributed by atoms with Gasteiger partial charge in [0.2, 0.25) is 0 Å². The Morgan fingerprint density at radius 1 is 1.43 bits per heavy atom. The summed E-state index contributed by atoms with van der Waals surface area (Å²) in [5, 5.41) is 9.64. The third kappa shape index (κ3) is 3.56. The minimum Gasteiger partial charge on any atom is -0.389 e. The second-order valence-corrected chi connectivity index (χ2v) is 4.14. The number of likely N-dealkylation sites (N-methyl/N-ethyl adjacent to an activating group) is 1. The largest absolute Gasteiger partial charge is 0.389 e. The molecule has 1 N–H and O–H groups in total. The zero-order valence-corrected chi connectivity index (χ0v) is 9.41. The van der Waals surface area contributed by atoms with Crippen LogP contribution in [0.3, 0.4) is 0 Å². The fraction of sp³-hybridized carbons (Fsp3) is 1.00. The van der Waals surface area contributed by atoms with Crippen LogP contribution in [0.5, 0.6) is 0 Å². The molecule has 1 aliphatic rings. The first kappa shape index (κ1) is 12.0. The summed E-state index contributed by atoms with van der Waals surface area (Å²) in [5.74, 6) is 0. The predicted octanol–water partition coefficient (Wildman–Crippen LogP) is 1.26. The van der Waals surface area contributed by atoms with Crippen molar-refractivity contribution in [2.45, 2.75) is 44.8 Å². The average molecular weight is 201 g/mol. The van der Waals surface area contributed by atoms with Gasteiger partial charge in [-0.2, -0.15) is 0 Å². The summed E-state index contributed by atoms with van der Waals surface area (Å²) < 4.78 is 4.93. The van der Waals surface area contributed by atoms with E-state index in [1.807, 2.05) is 0 Å². The fourth-order valence-electron chi connectivity index (χ4n) is 2.32. The van der Waals surface area contributed by atoms with E-state index in [9.17, 15) is 5.11 Å². The molecule has 0 bridgehead atoms. The van der Waals surface area contributed by atoms with Crippen molar-refractivity contribution in [3.8, 4) is 0 Å². The van der Waals surface area contributed by atoms with Crippen LogP contribution in [0.15, 0.2) is 0 Å². The van der Waals surface area contributed by atoms with Gasteiger partial charge in [-0.05, 0) is 19.4 Å². The molecule has 1 rings (SSSR count). The third-order valence-corrected chi connectivity index (χ3v) is 3.05. The molecule has 84 valence electrons. The number of ether oxygens (including phenoxy) is 1. The smallest absolute Gasteiger partial charge is 0.0900 e. The maximum atomic E-state index is 9.64. The molecular weight excluding hydrogens is 178 g/mol. The first-order valence-corrected chi connectivity index (χ1v) is 5.69. The van der Waals surface area contributed by atoms with Gasteiger partial charge in [-0.15, -0.1) is 0 Å². The maximum absolute atomic E-state index is 9.64. The van der Waals surface area contributed by atoms with Crippen molar-refractivity contribution in [2.75, 3.05) is 26.8 Å². The van der Waals surface area contributed by atoms with Gasteiger partial charge in [-0.25, -0.2) is 0 Å². The van der Waals surface area contributed by atoms with Crippen LogP contribution in [0.4, 0.5) is 0 Å². The molecule has 0 saturated heterocycles. The highest BCUT2D eigenvalue weighted by Crippen LogP contribution is 2.23. The number of hydrogen-bond donors (Lipinski definition) is 1. The van der Waals surface area contributed by atoms with Gasteiger partial charge in [-0.1, -0.05) is 19.8 Å². The summed E-state index contributed by atoms with van der Waals surface area (Å²) >= 11 is 0. The molecule has 0 heterocycles. The Morgan fingerprint density at radius 2 is 2.07 bits per heavy atom. The Bertz CT molecular complexity index is 146. The number of methoxy groups -OCH3 is 1. The van der Waals surface area contributed by atoms with E-state index in [2.05, 4.69) is 11.8 Å². The molecule has 0 amide bonds. The molecule has 0 aromatic rings. The Hall–Kier alpha value is -0.120. The van der Waals surface area contributed by atoms with Gasteiger partial charge in [-0.3, -0.25) is 4.90 Å². The van der Waals surface area contributed by atoms with Crippen LogP contribution in [-0.2, 0) is 4.74 Å². The lowest BCUT2D eigenvalue weighted by Gasteiger charge is -2.29. The minimum atomic E-state index is -0.333. The molecule has 1 unspecified atom stereocenters. The highest BCUT2D eigenvalue weighted by atomic mass is 16.5. The maximum Gasteiger partial charge on any atom is 0.0900 e. The van der Waals surface area contributed by atoms with Gasteiger partial charge < -0.3 is 9.84 Å². The second kappa shape index (κ2) is 6.38. The molecule has 3 nitrogen and oxygen atoms in total. The number of hydrogen-bond acceptors (Lipinski definition) is 3. The van der Waals surface area contributed by atoms with Gasteiger partial charge in [0.25, 0.3) is 0 Å². The van der Waals surface area contributed by atoms with Gasteiger partial charge in [0, 0.05) is 19.7 Å². The Labute approximate surface area is 87.1 Å². The topological polar surface area (TPSA) is 32.7 Å². The van der Waals surface area contributed by atoms with Gasteiger partial charge in [0.1, 0.15) is 0 Å². The van der Waals surface area contributed by atoms with E-state index in [1.165, 1.54) is 25.7 Å². The molecule has 0 radical (unpaired) electrons. The van der Waals surface area contributed by atoms with Crippen molar-refractivity contribution < 1.29 is 9.84 Å². The minimum absolute atomic E-state index is 0.333. The molecule has 0 aromatic carbocycles. The van der Waals surface area contributed by atoms with Crippen molar-refractivity contribution in [1.82, 2.24) is 4.90 Å². The van der Waals surface area contributed by atoms with Crippen molar-refractivity contribution in [3.63, 3.8) is 0 Å². The number of nitrogens with zero attached hydrogens (tertiary/aromatic N) is 1.